The maximum atomic E-state index is 12.2. The van der Waals surface area contributed by atoms with Crippen LogP contribution >= 0.6 is 11.3 Å². The van der Waals surface area contributed by atoms with E-state index in [1.54, 1.807) is 10.7 Å². The molecule has 4 aromatic rings. The summed E-state index contributed by atoms with van der Waals surface area (Å²) in [6.45, 7) is 1.79. The average Bonchev–Trinajstić information content (AvgIpc) is 3.34. The van der Waals surface area contributed by atoms with Gasteiger partial charge in [0, 0.05) is 18.6 Å². The minimum absolute atomic E-state index is 0.0717. The largest absolute Gasteiger partial charge is 0.454 e. The molecular weight excluding hydrogens is 342 g/mol. The van der Waals surface area contributed by atoms with Crippen molar-refractivity contribution in [3.8, 4) is 10.8 Å². The van der Waals surface area contributed by atoms with Crippen LogP contribution in [0, 0.1) is 6.92 Å². The summed E-state index contributed by atoms with van der Waals surface area (Å²) >= 11 is 1.49. The van der Waals surface area contributed by atoms with Crippen molar-refractivity contribution < 1.29 is 14.1 Å². The first-order valence-corrected chi connectivity index (χ1v) is 8.33. The minimum Gasteiger partial charge on any atom is -0.454 e. The Balaban J connectivity index is 1.48. The van der Waals surface area contributed by atoms with Crippen LogP contribution in [0.1, 0.15) is 21.9 Å². The molecule has 0 saturated carbocycles. The first-order chi connectivity index (χ1) is 12.1. The van der Waals surface area contributed by atoms with Crippen LogP contribution in [0.15, 0.2) is 34.3 Å². The van der Waals surface area contributed by atoms with Crippen LogP contribution in [0.2, 0.25) is 0 Å². The summed E-state index contributed by atoms with van der Waals surface area (Å²) < 4.78 is 12.1. The highest BCUT2D eigenvalue weighted by molar-refractivity contribution is 7.13. The number of carbonyl (C=O) groups is 1. The first kappa shape index (κ1) is 15.5. The van der Waals surface area contributed by atoms with Gasteiger partial charge in [0.1, 0.15) is 0 Å². The second kappa shape index (κ2) is 6.10. The van der Waals surface area contributed by atoms with Gasteiger partial charge in [-0.05, 0) is 24.4 Å². The van der Waals surface area contributed by atoms with Crippen LogP contribution in [0.5, 0.6) is 0 Å². The molecule has 9 heteroatoms. The third kappa shape index (κ3) is 2.89. The zero-order valence-electron chi connectivity index (χ0n) is 13.5. The highest BCUT2D eigenvalue weighted by Crippen LogP contribution is 2.22. The van der Waals surface area contributed by atoms with Gasteiger partial charge in [0.15, 0.2) is 12.3 Å². The van der Waals surface area contributed by atoms with Gasteiger partial charge >= 0.3 is 5.97 Å². The number of fused-ring (bicyclic) bond motifs is 1. The van der Waals surface area contributed by atoms with E-state index >= 15 is 0 Å². The highest BCUT2D eigenvalue weighted by atomic mass is 32.1. The molecule has 126 valence electrons. The summed E-state index contributed by atoms with van der Waals surface area (Å²) in [7, 11) is 1.81. The number of esters is 1. The monoisotopic (exact) mass is 355 g/mol. The van der Waals surface area contributed by atoms with Gasteiger partial charge in [0.25, 0.3) is 5.89 Å². The summed E-state index contributed by atoms with van der Waals surface area (Å²) in [6.07, 6.45) is 1.47. The van der Waals surface area contributed by atoms with Crippen LogP contribution in [0.25, 0.3) is 21.8 Å². The summed E-state index contributed by atoms with van der Waals surface area (Å²) in [4.78, 5) is 21.6. The molecule has 25 heavy (non-hydrogen) atoms. The van der Waals surface area contributed by atoms with E-state index in [0.29, 0.717) is 22.9 Å². The van der Waals surface area contributed by atoms with Crippen LogP contribution in [0.3, 0.4) is 0 Å². The lowest BCUT2D eigenvalue weighted by atomic mass is 10.2. The Morgan fingerprint density at radius 3 is 3.12 bits per heavy atom. The predicted octanol–water partition coefficient (Wildman–Crippen LogP) is 2.75. The number of thiophene rings is 1. The van der Waals surface area contributed by atoms with Crippen molar-refractivity contribution >= 4 is 28.3 Å². The Labute approximate surface area is 146 Å². The number of rotatable bonds is 4. The Kier molecular flexibility index (Phi) is 3.77. The molecule has 4 rings (SSSR count). The predicted molar refractivity (Wildman–Crippen MR) is 90.0 cm³/mol. The number of carbonyl (C=O) groups excluding carboxylic acids is 1. The zero-order chi connectivity index (χ0) is 17.4. The van der Waals surface area contributed by atoms with E-state index in [-0.39, 0.29) is 6.61 Å². The van der Waals surface area contributed by atoms with Crippen molar-refractivity contribution in [2.75, 3.05) is 0 Å². The van der Waals surface area contributed by atoms with Crippen LogP contribution in [0.4, 0.5) is 0 Å². The van der Waals surface area contributed by atoms with Gasteiger partial charge in [-0.2, -0.15) is 10.1 Å². The molecule has 0 bridgehead atoms. The standard InChI is InChI=1S/C16H13N5O3S/c1-9-11-6-10(7-17-14(11)21(2)19-9)16(22)23-8-13-18-15(24-20-13)12-4-3-5-25-12/h3-7H,8H2,1-2H3. The van der Waals surface area contributed by atoms with E-state index in [2.05, 4.69) is 20.2 Å². The Morgan fingerprint density at radius 1 is 1.44 bits per heavy atom. The molecule has 0 N–H and O–H groups in total. The fraction of sp³-hybridized carbons (Fsp3) is 0.188. The third-order valence-corrected chi connectivity index (χ3v) is 4.49. The molecule has 0 aliphatic carbocycles. The lowest BCUT2D eigenvalue weighted by Gasteiger charge is -2.02. The van der Waals surface area contributed by atoms with E-state index < -0.39 is 5.97 Å². The number of nitrogens with zero attached hydrogens (tertiary/aromatic N) is 5. The van der Waals surface area contributed by atoms with E-state index in [4.69, 9.17) is 9.26 Å². The normalized spacial score (nSPS) is 11.1. The van der Waals surface area contributed by atoms with Crippen LogP contribution in [-0.4, -0.2) is 30.9 Å². The summed E-state index contributed by atoms with van der Waals surface area (Å²) in [5, 5.41) is 10.8. The number of pyridine rings is 1. The molecule has 0 atom stereocenters. The van der Waals surface area contributed by atoms with Crippen LogP contribution < -0.4 is 0 Å². The third-order valence-electron chi connectivity index (χ3n) is 3.63. The summed E-state index contributed by atoms with van der Waals surface area (Å²) in [5.41, 5.74) is 1.87. The van der Waals surface area contributed by atoms with Crippen molar-refractivity contribution in [3.63, 3.8) is 0 Å². The molecule has 0 radical (unpaired) electrons. The second-order valence-corrected chi connectivity index (χ2v) is 6.32. The molecule has 0 saturated heterocycles. The summed E-state index contributed by atoms with van der Waals surface area (Å²) in [6, 6.07) is 5.50. The molecule has 0 fully saturated rings. The number of aromatic nitrogens is 5. The number of aryl methyl sites for hydroxylation is 2. The second-order valence-electron chi connectivity index (χ2n) is 5.37. The van der Waals surface area contributed by atoms with E-state index in [1.165, 1.54) is 17.5 Å². The van der Waals surface area contributed by atoms with Crippen molar-refractivity contribution in [2.24, 2.45) is 7.05 Å². The SMILES string of the molecule is Cc1nn(C)c2ncc(C(=O)OCc3noc(-c4cccs4)n3)cc12. The first-order valence-electron chi connectivity index (χ1n) is 7.45. The molecule has 4 heterocycles. The quantitative estimate of drug-likeness (QED) is 0.519. The fourth-order valence-corrected chi connectivity index (χ4v) is 3.09. The van der Waals surface area contributed by atoms with E-state index in [9.17, 15) is 4.79 Å². The van der Waals surface area contributed by atoms with E-state index in [0.717, 1.165) is 16.0 Å². The van der Waals surface area contributed by atoms with Gasteiger partial charge in [-0.3, -0.25) is 4.68 Å². The smallest absolute Gasteiger partial charge is 0.340 e. The van der Waals surface area contributed by atoms with Crippen molar-refractivity contribution in [1.82, 2.24) is 24.9 Å². The van der Waals surface area contributed by atoms with Crippen LogP contribution in [-0.2, 0) is 18.4 Å². The fourth-order valence-electron chi connectivity index (χ4n) is 2.45. The van der Waals surface area contributed by atoms with Gasteiger partial charge in [-0.25, -0.2) is 9.78 Å². The zero-order valence-corrected chi connectivity index (χ0v) is 14.3. The number of hydrogen-bond acceptors (Lipinski definition) is 8. The molecule has 0 aromatic carbocycles. The Morgan fingerprint density at radius 2 is 2.32 bits per heavy atom. The highest BCUT2D eigenvalue weighted by Gasteiger charge is 2.15. The van der Waals surface area contributed by atoms with Gasteiger partial charge in [-0.15, -0.1) is 11.3 Å². The van der Waals surface area contributed by atoms with Gasteiger partial charge < -0.3 is 9.26 Å². The molecule has 0 aliphatic rings. The van der Waals surface area contributed by atoms with Crippen molar-refractivity contribution in [3.05, 3.63) is 46.9 Å². The minimum atomic E-state index is -0.500. The van der Waals surface area contributed by atoms with Gasteiger partial charge in [0.2, 0.25) is 5.82 Å². The lowest BCUT2D eigenvalue weighted by molar-refractivity contribution is 0.0459. The molecule has 8 nitrogen and oxygen atoms in total. The van der Waals surface area contributed by atoms with Crippen molar-refractivity contribution in [2.45, 2.75) is 13.5 Å². The Bertz CT molecular complexity index is 1050. The number of ether oxygens (including phenoxy) is 1. The average molecular weight is 355 g/mol. The topological polar surface area (TPSA) is 95.9 Å². The Hall–Kier alpha value is -3.07. The summed E-state index contributed by atoms with van der Waals surface area (Å²) in [5.74, 6) is 0.221. The maximum Gasteiger partial charge on any atom is 0.340 e. The number of hydrogen-bond donors (Lipinski definition) is 0. The van der Waals surface area contributed by atoms with E-state index in [1.807, 2.05) is 31.5 Å². The van der Waals surface area contributed by atoms with Crippen molar-refractivity contribution in [1.29, 1.82) is 0 Å². The molecule has 0 unspecified atom stereocenters. The maximum absolute atomic E-state index is 12.2. The molecule has 4 aromatic heterocycles. The lowest BCUT2D eigenvalue weighted by Crippen LogP contribution is -2.07. The molecular formula is C16H13N5O3S. The molecule has 0 amide bonds. The van der Waals surface area contributed by atoms with Gasteiger partial charge in [-0.1, -0.05) is 11.2 Å². The van der Waals surface area contributed by atoms with Gasteiger partial charge in [0.05, 0.1) is 16.1 Å². The molecule has 0 aliphatic heterocycles. The molecule has 0 spiro atoms.